The molecule has 0 aromatic heterocycles. The van der Waals surface area contributed by atoms with Gasteiger partial charge in [0.15, 0.2) is 0 Å². The molecule has 0 atom stereocenters. The molecule has 0 amide bonds. The lowest BCUT2D eigenvalue weighted by Crippen LogP contribution is -1.89. The second-order valence-corrected chi connectivity index (χ2v) is 3.72. The van der Waals surface area contributed by atoms with Crippen LogP contribution in [0.4, 0.5) is 0 Å². The van der Waals surface area contributed by atoms with E-state index in [1.54, 1.807) is 6.21 Å². The molecule has 0 saturated carbocycles. The highest BCUT2D eigenvalue weighted by atomic mass is 79.9. The molecule has 13 heavy (non-hydrogen) atoms. The van der Waals surface area contributed by atoms with Gasteiger partial charge < -0.3 is 10.6 Å². The van der Waals surface area contributed by atoms with Crippen molar-refractivity contribution in [1.29, 1.82) is 0 Å². The van der Waals surface area contributed by atoms with Crippen LogP contribution in [0.25, 0.3) is 0 Å². The van der Waals surface area contributed by atoms with Crippen molar-refractivity contribution >= 4 is 22.1 Å². The topological polar surface area (TPSA) is 47.6 Å². The first-order chi connectivity index (χ1) is 6.31. The van der Waals surface area contributed by atoms with E-state index in [2.05, 4.69) is 21.0 Å². The van der Waals surface area contributed by atoms with Crippen molar-refractivity contribution in [3.8, 4) is 5.75 Å². The molecule has 0 saturated heterocycles. The number of fused-ring (bicyclic) bond motifs is 1. The van der Waals surface area contributed by atoms with Gasteiger partial charge in [0.25, 0.3) is 0 Å². The average molecular weight is 241 g/mol. The smallest absolute Gasteiger partial charge is 0.136 e. The average Bonchev–Trinajstić information content (AvgIpc) is 2.53. The minimum Gasteiger partial charge on any atom is -0.492 e. The van der Waals surface area contributed by atoms with E-state index < -0.39 is 0 Å². The van der Waals surface area contributed by atoms with Crippen molar-refractivity contribution < 1.29 is 4.74 Å². The second-order valence-electron chi connectivity index (χ2n) is 2.87. The third-order valence-electron chi connectivity index (χ3n) is 1.98. The van der Waals surface area contributed by atoms with Crippen molar-refractivity contribution in [3.05, 3.63) is 27.7 Å². The predicted molar refractivity (Wildman–Crippen MR) is 55.1 cm³/mol. The number of nitrogens with zero attached hydrogens (tertiary/aromatic N) is 1. The van der Waals surface area contributed by atoms with Crippen LogP contribution in [0.2, 0.25) is 0 Å². The predicted octanol–water partition coefficient (Wildman–Crippen LogP) is 1.68. The van der Waals surface area contributed by atoms with Gasteiger partial charge in [-0.25, -0.2) is 0 Å². The van der Waals surface area contributed by atoms with E-state index in [9.17, 15) is 0 Å². The van der Waals surface area contributed by atoms with Crippen molar-refractivity contribution in [2.45, 2.75) is 6.42 Å². The molecule has 0 fully saturated rings. The van der Waals surface area contributed by atoms with Crippen LogP contribution in [0.15, 0.2) is 21.7 Å². The number of ether oxygens (including phenoxy) is 1. The van der Waals surface area contributed by atoms with Crippen LogP contribution in [-0.2, 0) is 6.42 Å². The normalized spacial score (nSPS) is 14.5. The zero-order chi connectivity index (χ0) is 9.26. The Morgan fingerprint density at radius 3 is 3.15 bits per heavy atom. The quantitative estimate of drug-likeness (QED) is 0.462. The van der Waals surface area contributed by atoms with Crippen LogP contribution in [0.5, 0.6) is 5.75 Å². The molecular formula is C9H9BrN2O. The number of nitrogens with two attached hydrogens (primary N) is 1. The molecule has 1 heterocycles. The van der Waals surface area contributed by atoms with Crippen molar-refractivity contribution in [1.82, 2.24) is 0 Å². The third kappa shape index (κ3) is 1.54. The Hall–Kier alpha value is -1.03. The Kier molecular flexibility index (Phi) is 2.22. The number of hydrogen-bond donors (Lipinski definition) is 1. The lowest BCUT2D eigenvalue weighted by atomic mass is 10.1. The third-order valence-corrected chi connectivity index (χ3v) is 2.57. The first kappa shape index (κ1) is 8.56. The summed E-state index contributed by atoms with van der Waals surface area (Å²) in [6, 6.07) is 3.99. The molecule has 1 aromatic carbocycles. The Morgan fingerprint density at radius 1 is 1.54 bits per heavy atom. The molecule has 0 unspecified atom stereocenters. The summed E-state index contributed by atoms with van der Waals surface area (Å²) in [5.41, 5.74) is 2.21. The van der Waals surface area contributed by atoms with Crippen LogP contribution in [0.3, 0.4) is 0 Å². The second kappa shape index (κ2) is 3.38. The maximum Gasteiger partial charge on any atom is 0.136 e. The van der Waals surface area contributed by atoms with Crippen LogP contribution in [0.1, 0.15) is 11.1 Å². The fourth-order valence-corrected chi connectivity index (χ4v) is 2.08. The Morgan fingerprint density at radius 2 is 2.38 bits per heavy atom. The van der Waals surface area contributed by atoms with Crippen LogP contribution in [0, 0.1) is 0 Å². The molecule has 0 spiro atoms. The molecule has 4 heteroatoms. The standard InChI is InChI=1S/C9H9BrN2O/c10-8-4-6(5-12-11)3-7-1-2-13-9(7)8/h3-5H,1-2,11H2. The minimum atomic E-state index is 0.761. The van der Waals surface area contributed by atoms with E-state index in [4.69, 9.17) is 10.6 Å². The van der Waals surface area contributed by atoms with Crippen molar-refractivity contribution in [2.75, 3.05) is 6.61 Å². The van der Waals surface area contributed by atoms with E-state index in [1.165, 1.54) is 5.56 Å². The molecule has 1 aliphatic rings. The van der Waals surface area contributed by atoms with Gasteiger partial charge >= 0.3 is 0 Å². The Bertz CT molecular complexity index is 363. The molecule has 2 N–H and O–H groups in total. The summed E-state index contributed by atoms with van der Waals surface area (Å²) in [5, 5.41) is 3.49. The van der Waals surface area contributed by atoms with E-state index in [1.807, 2.05) is 12.1 Å². The van der Waals surface area contributed by atoms with Crippen molar-refractivity contribution in [2.24, 2.45) is 10.9 Å². The maximum absolute atomic E-state index is 5.44. The zero-order valence-corrected chi connectivity index (χ0v) is 8.54. The molecule has 3 nitrogen and oxygen atoms in total. The number of hydrogen-bond acceptors (Lipinski definition) is 3. The summed E-state index contributed by atoms with van der Waals surface area (Å²) < 4.78 is 6.41. The van der Waals surface area contributed by atoms with Gasteiger partial charge in [-0.15, -0.1) is 0 Å². The lowest BCUT2D eigenvalue weighted by molar-refractivity contribution is 0.355. The first-order valence-corrected chi connectivity index (χ1v) is 4.79. The SMILES string of the molecule is NN=Cc1cc(Br)c2c(c1)CCO2. The highest BCUT2D eigenvalue weighted by Gasteiger charge is 2.15. The van der Waals surface area contributed by atoms with Crippen LogP contribution >= 0.6 is 15.9 Å². The zero-order valence-electron chi connectivity index (χ0n) is 6.96. The number of rotatable bonds is 1. The van der Waals surface area contributed by atoms with Gasteiger partial charge in [0.2, 0.25) is 0 Å². The van der Waals surface area contributed by atoms with E-state index in [0.717, 1.165) is 28.8 Å². The van der Waals surface area contributed by atoms with Crippen LogP contribution in [-0.4, -0.2) is 12.8 Å². The molecule has 0 radical (unpaired) electrons. The van der Waals surface area contributed by atoms with Gasteiger partial charge in [0.1, 0.15) is 5.75 Å². The van der Waals surface area contributed by atoms with Crippen molar-refractivity contribution in [3.63, 3.8) is 0 Å². The fraction of sp³-hybridized carbons (Fsp3) is 0.222. The summed E-state index contributed by atoms with van der Waals surface area (Å²) in [6.45, 7) is 0.761. The van der Waals surface area contributed by atoms with Gasteiger partial charge in [0.05, 0.1) is 17.3 Å². The summed E-state index contributed by atoms with van der Waals surface area (Å²) in [7, 11) is 0. The highest BCUT2D eigenvalue weighted by molar-refractivity contribution is 9.10. The molecule has 1 aliphatic heterocycles. The van der Waals surface area contributed by atoms with E-state index >= 15 is 0 Å². The van der Waals surface area contributed by atoms with Gasteiger partial charge in [-0.2, -0.15) is 5.10 Å². The van der Waals surface area contributed by atoms with E-state index in [0.29, 0.717) is 0 Å². The van der Waals surface area contributed by atoms with Gasteiger partial charge in [-0.1, -0.05) is 0 Å². The van der Waals surface area contributed by atoms with Gasteiger partial charge in [-0.3, -0.25) is 0 Å². The molecule has 0 bridgehead atoms. The fourth-order valence-electron chi connectivity index (χ4n) is 1.44. The summed E-state index contributed by atoms with van der Waals surface area (Å²) in [6.07, 6.45) is 2.59. The van der Waals surface area contributed by atoms with Gasteiger partial charge in [-0.05, 0) is 39.2 Å². The first-order valence-electron chi connectivity index (χ1n) is 4.00. The highest BCUT2D eigenvalue weighted by Crippen LogP contribution is 2.34. The van der Waals surface area contributed by atoms with Crippen LogP contribution < -0.4 is 10.6 Å². The Labute approximate surface area is 84.7 Å². The number of benzene rings is 1. The minimum absolute atomic E-state index is 0.761. The summed E-state index contributed by atoms with van der Waals surface area (Å²) in [5.74, 6) is 6.03. The maximum atomic E-state index is 5.44. The monoisotopic (exact) mass is 240 g/mol. The number of halogens is 1. The molecule has 2 rings (SSSR count). The van der Waals surface area contributed by atoms with Gasteiger partial charge in [0, 0.05) is 6.42 Å². The molecule has 1 aromatic rings. The lowest BCUT2D eigenvalue weighted by Gasteiger charge is -2.02. The largest absolute Gasteiger partial charge is 0.492 e. The molecule has 68 valence electrons. The summed E-state index contributed by atoms with van der Waals surface area (Å²) >= 11 is 3.44. The summed E-state index contributed by atoms with van der Waals surface area (Å²) in [4.78, 5) is 0. The molecule has 0 aliphatic carbocycles. The number of hydrazone groups is 1. The Balaban J connectivity index is 2.49. The van der Waals surface area contributed by atoms with E-state index in [-0.39, 0.29) is 0 Å². The molecular weight excluding hydrogens is 232 g/mol.